The summed E-state index contributed by atoms with van der Waals surface area (Å²) in [7, 11) is 3.16. The third-order valence-electron chi connectivity index (χ3n) is 1.75. The van der Waals surface area contributed by atoms with Gasteiger partial charge >= 0.3 is 0 Å². The van der Waals surface area contributed by atoms with Crippen LogP contribution in [0.15, 0.2) is 18.7 Å². The smallest absolute Gasteiger partial charge is 0.168 e. The first kappa shape index (κ1) is 9.45. The molecule has 13 heavy (non-hydrogen) atoms. The van der Waals surface area contributed by atoms with Gasteiger partial charge in [0.2, 0.25) is 0 Å². The van der Waals surface area contributed by atoms with Crippen molar-refractivity contribution < 1.29 is 9.47 Å². The number of benzene rings is 1. The SMILES string of the molecule is C=Cc1cc(N)cc(OC)c1OC. The summed E-state index contributed by atoms with van der Waals surface area (Å²) in [6.45, 7) is 3.66. The normalized spacial score (nSPS) is 9.38. The fourth-order valence-electron chi connectivity index (χ4n) is 1.17. The molecular weight excluding hydrogens is 166 g/mol. The molecule has 0 amide bonds. The maximum Gasteiger partial charge on any atom is 0.168 e. The van der Waals surface area contributed by atoms with Crippen molar-refractivity contribution in [2.45, 2.75) is 0 Å². The molecule has 0 bridgehead atoms. The summed E-state index contributed by atoms with van der Waals surface area (Å²) in [4.78, 5) is 0. The van der Waals surface area contributed by atoms with E-state index >= 15 is 0 Å². The predicted molar refractivity (Wildman–Crippen MR) is 54.0 cm³/mol. The zero-order valence-corrected chi connectivity index (χ0v) is 7.83. The lowest BCUT2D eigenvalue weighted by Crippen LogP contribution is -1.95. The molecule has 0 aliphatic carbocycles. The lowest BCUT2D eigenvalue weighted by molar-refractivity contribution is 0.354. The van der Waals surface area contributed by atoms with Crippen molar-refractivity contribution >= 4 is 11.8 Å². The Kier molecular flexibility index (Phi) is 2.80. The lowest BCUT2D eigenvalue weighted by atomic mass is 10.1. The Morgan fingerprint density at radius 3 is 2.46 bits per heavy atom. The van der Waals surface area contributed by atoms with Crippen LogP contribution in [0.4, 0.5) is 5.69 Å². The average Bonchev–Trinajstić information content (AvgIpc) is 2.16. The van der Waals surface area contributed by atoms with Gasteiger partial charge in [0, 0.05) is 17.3 Å². The van der Waals surface area contributed by atoms with Crippen LogP contribution in [0.5, 0.6) is 11.5 Å². The average molecular weight is 179 g/mol. The molecule has 1 aromatic carbocycles. The summed E-state index contributed by atoms with van der Waals surface area (Å²) >= 11 is 0. The summed E-state index contributed by atoms with van der Waals surface area (Å²) in [5, 5.41) is 0. The highest BCUT2D eigenvalue weighted by atomic mass is 16.5. The zero-order valence-electron chi connectivity index (χ0n) is 7.83. The Morgan fingerprint density at radius 1 is 1.31 bits per heavy atom. The molecule has 0 atom stereocenters. The molecule has 3 heteroatoms. The summed E-state index contributed by atoms with van der Waals surface area (Å²) < 4.78 is 10.3. The number of nitrogens with two attached hydrogens (primary N) is 1. The maximum absolute atomic E-state index is 5.65. The van der Waals surface area contributed by atoms with E-state index < -0.39 is 0 Å². The third-order valence-corrected chi connectivity index (χ3v) is 1.75. The van der Waals surface area contributed by atoms with Crippen molar-refractivity contribution in [1.29, 1.82) is 0 Å². The minimum atomic E-state index is 0.623. The molecule has 0 heterocycles. The molecule has 70 valence electrons. The van der Waals surface area contributed by atoms with Gasteiger partial charge in [0.1, 0.15) is 0 Å². The summed E-state index contributed by atoms with van der Waals surface area (Å²) in [5.74, 6) is 1.28. The molecule has 0 aromatic heterocycles. The van der Waals surface area contributed by atoms with Gasteiger partial charge in [0.05, 0.1) is 14.2 Å². The van der Waals surface area contributed by atoms with Crippen LogP contribution in [0, 0.1) is 0 Å². The topological polar surface area (TPSA) is 44.5 Å². The van der Waals surface area contributed by atoms with Gasteiger partial charge in [-0.3, -0.25) is 0 Å². The van der Waals surface area contributed by atoms with Gasteiger partial charge in [0.25, 0.3) is 0 Å². The monoisotopic (exact) mass is 179 g/mol. The Bertz CT molecular complexity index is 321. The molecule has 1 aromatic rings. The quantitative estimate of drug-likeness (QED) is 0.721. The van der Waals surface area contributed by atoms with Gasteiger partial charge in [-0.25, -0.2) is 0 Å². The molecule has 0 saturated carbocycles. The Balaban J connectivity index is 3.33. The summed E-state index contributed by atoms with van der Waals surface area (Å²) in [6.07, 6.45) is 1.68. The van der Waals surface area contributed by atoms with Crippen LogP contribution < -0.4 is 15.2 Å². The fraction of sp³-hybridized carbons (Fsp3) is 0.200. The third kappa shape index (κ3) is 1.75. The second-order valence-electron chi connectivity index (χ2n) is 2.55. The minimum absolute atomic E-state index is 0.623. The Hall–Kier alpha value is -1.64. The number of nitrogen functional groups attached to an aromatic ring is 1. The Morgan fingerprint density at radius 2 is 2.00 bits per heavy atom. The van der Waals surface area contributed by atoms with Crippen LogP contribution in [-0.4, -0.2) is 14.2 Å². The second-order valence-corrected chi connectivity index (χ2v) is 2.55. The number of methoxy groups -OCH3 is 2. The molecule has 0 unspecified atom stereocenters. The van der Waals surface area contributed by atoms with E-state index in [9.17, 15) is 0 Å². The lowest BCUT2D eigenvalue weighted by Gasteiger charge is -2.11. The van der Waals surface area contributed by atoms with Gasteiger partial charge in [-0.1, -0.05) is 12.7 Å². The van der Waals surface area contributed by atoms with Crippen molar-refractivity contribution in [1.82, 2.24) is 0 Å². The van der Waals surface area contributed by atoms with E-state index in [0.717, 1.165) is 5.56 Å². The van der Waals surface area contributed by atoms with Gasteiger partial charge in [0.15, 0.2) is 11.5 Å². The highest BCUT2D eigenvalue weighted by molar-refractivity contribution is 5.67. The molecule has 0 saturated heterocycles. The summed E-state index contributed by atoms with van der Waals surface area (Å²) in [6, 6.07) is 3.50. The second kappa shape index (κ2) is 3.85. The number of ether oxygens (including phenoxy) is 2. The number of hydrogen-bond acceptors (Lipinski definition) is 3. The van der Waals surface area contributed by atoms with Crippen LogP contribution in [0.2, 0.25) is 0 Å². The van der Waals surface area contributed by atoms with E-state index in [4.69, 9.17) is 15.2 Å². The molecule has 3 nitrogen and oxygen atoms in total. The zero-order chi connectivity index (χ0) is 9.84. The van der Waals surface area contributed by atoms with Crippen LogP contribution in [0.25, 0.3) is 6.08 Å². The first-order chi connectivity index (χ1) is 6.22. The van der Waals surface area contributed by atoms with Crippen molar-refractivity contribution in [2.24, 2.45) is 0 Å². The molecular formula is C10H13NO2. The molecule has 2 N–H and O–H groups in total. The molecule has 0 fully saturated rings. The van der Waals surface area contributed by atoms with Crippen LogP contribution in [0.1, 0.15) is 5.56 Å². The number of anilines is 1. The maximum atomic E-state index is 5.65. The van der Waals surface area contributed by atoms with E-state index in [1.165, 1.54) is 0 Å². The van der Waals surface area contributed by atoms with E-state index in [0.29, 0.717) is 17.2 Å². The van der Waals surface area contributed by atoms with Crippen molar-refractivity contribution in [3.63, 3.8) is 0 Å². The predicted octanol–water partition coefficient (Wildman–Crippen LogP) is 1.93. The minimum Gasteiger partial charge on any atom is -0.493 e. The van der Waals surface area contributed by atoms with E-state index in [1.807, 2.05) is 0 Å². The van der Waals surface area contributed by atoms with Crippen LogP contribution >= 0.6 is 0 Å². The van der Waals surface area contributed by atoms with E-state index in [2.05, 4.69) is 6.58 Å². The number of rotatable bonds is 3. The molecule has 1 rings (SSSR count). The molecule has 0 aliphatic heterocycles. The van der Waals surface area contributed by atoms with Gasteiger partial charge < -0.3 is 15.2 Å². The highest BCUT2D eigenvalue weighted by Crippen LogP contribution is 2.33. The van der Waals surface area contributed by atoms with E-state index in [-0.39, 0.29) is 0 Å². The molecule has 0 spiro atoms. The first-order valence-electron chi connectivity index (χ1n) is 3.87. The van der Waals surface area contributed by atoms with E-state index in [1.54, 1.807) is 32.4 Å². The van der Waals surface area contributed by atoms with Crippen molar-refractivity contribution in [2.75, 3.05) is 20.0 Å². The molecule has 0 aliphatic rings. The summed E-state index contributed by atoms with van der Waals surface area (Å²) in [5.41, 5.74) is 7.12. The standard InChI is InChI=1S/C10H13NO2/c1-4-7-5-8(11)6-9(12-2)10(7)13-3/h4-6H,1,11H2,2-3H3. The Labute approximate surface area is 77.8 Å². The van der Waals surface area contributed by atoms with Gasteiger partial charge in [-0.15, -0.1) is 0 Å². The van der Waals surface area contributed by atoms with Crippen LogP contribution in [0.3, 0.4) is 0 Å². The fourth-order valence-corrected chi connectivity index (χ4v) is 1.17. The number of hydrogen-bond donors (Lipinski definition) is 1. The molecule has 0 radical (unpaired) electrons. The first-order valence-corrected chi connectivity index (χ1v) is 3.87. The van der Waals surface area contributed by atoms with Crippen LogP contribution in [-0.2, 0) is 0 Å². The van der Waals surface area contributed by atoms with Gasteiger partial charge in [-0.05, 0) is 6.07 Å². The highest BCUT2D eigenvalue weighted by Gasteiger charge is 2.08. The van der Waals surface area contributed by atoms with Crippen molar-refractivity contribution in [3.8, 4) is 11.5 Å². The van der Waals surface area contributed by atoms with Gasteiger partial charge in [-0.2, -0.15) is 0 Å². The van der Waals surface area contributed by atoms with Crippen molar-refractivity contribution in [3.05, 3.63) is 24.3 Å². The largest absolute Gasteiger partial charge is 0.493 e.